The number of guanidine groups is 1. The van der Waals surface area contributed by atoms with Gasteiger partial charge in [0.1, 0.15) is 12.4 Å². The van der Waals surface area contributed by atoms with Crippen molar-refractivity contribution in [2.24, 2.45) is 4.99 Å². The first-order valence-corrected chi connectivity index (χ1v) is 10.1. The van der Waals surface area contributed by atoms with Gasteiger partial charge in [-0.1, -0.05) is 0 Å². The number of rotatable bonds is 8. The maximum Gasteiger partial charge on any atom is 0.194 e. The molecular weight excluding hydrogens is 344 g/mol. The second-order valence-corrected chi connectivity index (χ2v) is 6.93. The van der Waals surface area contributed by atoms with E-state index in [4.69, 9.17) is 19.2 Å². The van der Waals surface area contributed by atoms with Crippen LogP contribution in [0.5, 0.6) is 5.75 Å². The summed E-state index contributed by atoms with van der Waals surface area (Å²) in [7, 11) is 0. The standard InChI is InChI=1S/C20H32N4O3/c1-2-22-20(23-10-14-26-18-5-3-9-21-15-18)24-11-7-17(8-12-24)27-16-19-6-4-13-25-19/h3,5,9,15,17,19H,2,4,6-8,10-14,16H2,1H3,(H,22,23). The molecule has 7 heteroatoms. The van der Waals surface area contributed by atoms with Gasteiger partial charge >= 0.3 is 0 Å². The summed E-state index contributed by atoms with van der Waals surface area (Å²) in [4.78, 5) is 11.1. The fraction of sp³-hybridized carbons (Fsp3) is 0.700. The van der Waals surface area contributed by atoms with Crippen molar-refractivity contribution in [2.45, 2.75) is 44.8 Å². The molecule has 0 radical (unpaired) electrons. The zero-order valence-corrected chi connectivity index (χ0v) is 16.3. The van der Waals surface area contributed by atoms with Gasteiger partial charge in [-0.25, -0.2) is 4.99 Å². The third kappa shape index (κ3) is 6.66. The van der Waals surface area contributed by atoms with Gasteiger partial charge in [-0.2, -0.15) is 0 Å². The summed E-state index contributed by atoms with van der Waals surface area (Å²) in [5.41, 5.74) is 0. The average molecular weight is 377 g/mol. The van der Waals surface area contributed by atoms with Crippen LogP contribution in [0.15, 0.2) is 29.5 Å². The number of pyridine rings is 1. The lowest BCUT2D eigenvalue weighted by Gasteiger charge is -2.34. The molecule has 1 unspecified atom stereocenters. The Morgan fingerprint density at radius 3 is 2.96 bits per heavy atom. The van der Waals surface area contributed by atoms with Crippen LogP contribution < -0.4 is 10.1 Å². The second-order valence-electron chi connectivity index (χ2n) is 6.93. The van der Waals surface area contributed by atoms with Crippen molar-refractivity contribution < 1.29 is 14.2 Å². The normalized spacial score (nSPS) is 21.4. The Hall–Kier alpha value is -1.86. The molecule has 0 aromatic carbocycles. The lowest BCUT2D eigenvalue weighted by atomic mass is 10.1. The lowest BCUT2D eigenvalue weighted by Crippen LogP contribution is -2.47. The minimum atomic E-state index is 0.307. The van der Waals surface area contributed by atoms with Crippen molar-refractivity contribution in [3.8, 4) is 5.75 Å². The van der Waals surface area contributed by atoms with Crippen LogP contribution in [0.4, 0.5) is 0 Å². The van der Waals surface area contributed by atoms with E-state index in [-0.39, 0.29) is 0 Å². The van der Waals surface area contributed by atoms with Crippen LogP contribution in [-0.4, -0.2) is 74.1 Å². The summed E-state index contributed by atoms with van der Waals surface area (Å²) in [5, 5.41) is 3.39. The Kier molecular flexibility index (Phi) is 8.17. The number of piperidine rings is 1. The van der Waals surface area contributed by atoms with E-state index >= 15 is 0 Å². The highest BCUT2D eigenvalue weighted by atomic mass is 16.5. The molecule has 3 heterocycles. The minimum absolute atomic E-state index is 0.307. The molecule has 1 aromatic rings. The van der Waals surface area contributed by atoms with Gasteiger partial charge in [0, 0.05) is 32.4 Å². The third-order valence-corrected chi connectivity index (χ3v) is 4.87. The van der Waals surface area contributed by atoms with Crippen molar-refractivity contribution >= 4 is 5.96 Å². The van der Waals surface area contributed by atoms with Crippen molar-refractivity contribution in [3.05, 3.63) is 24.5 Å². The third-order valence-electron chi connectivity index (χ3n) is 4.87. The van der Waals surface area contributed by atoms with Gasteiger partial charge in [0.2, 0.25) is 0 Å². The zero-order chi connectivity index (χ0) is 18.7. The highest BCUT2D eigenvalue weighted by molar-refractivity contribution is 5.80. The first kappa shape index (κ1) is 19.9. The number of hydrogen-bond acceptors (Lipinski definition) is 5. The minimum Gasteiger partial charge on any atom is -0.490 e. The molecule has 0 aliphatic carbocycles. The van der Waals surface area contributed by atoms with Crippen LogP contribution in [0.2, 0.25) is 0 Å². The summed E-state index contributed by atoms with van der Waals surface area (Å²) >= 11 is 0. The number of nitrogens with one attached hydrogen (secondary N) is 1. The molecule has 0 amide bonds. The molecule has 1 atom stereocenters. The molecule has 27 heavy (non-hydrogen) atoms. The summed E-state index contributed by atoms with van der Waals surface area (Å²) in [5.74, 6) is 1.74. The quantitative estimate of drug-likeness (QED) is 0.426. The molecule has 7 nitrogen and oxygen atoms in total. The first-order valence-electron chi connectivity index (χ1n) is 10.1. The van der Waals surface area contributed by atoms with Gasteiger partial charge in [-0.3, -0.25) is 4.98 Å². The molecule has 0 bridgehead atoms. The van der Waals surface area contributed by atoms with Crippen LogP contribution in [0.25, 0.3) is 0 Å². The Morgan fingerprint density at radius 1 is 1.37 bits per heavy atom. The number of nitrogens with zero attached hydrogens (tertiary/aromatic N) is 3. The van der Waals surface area contributed by atoms with E-state index in [0.29, 0.717) is 25.4 Å². The van der Waals surface area contributed by atoms with Gasteiger partial charge in [-0.15, -0.1) is 0 Å². The number of aliphatic imine (C=N–C) groups is 1. The molecule has 1 N–H and O–H groups in total. The summed E-state index contributed by atoms with van der Waals surface area (Å²) in [6.07, 6.45) is 8.46. The van der Waals surface area contributed by atoms with E-state index in [2.05, 4.69) is 22.1 Å². The van der Waals surface area contributed by atoms with E-state index in [9.17, 15) is 0 Å². The molecule has 0 saturated carbocycles. The number of likely N-dealkylation sites (tertiary alicyclic amines) is 1. The lowest BCUT2D eigenvalue weighted by molar-refractivity contribution is -0.0367. The van der Waals surface area contributed by atoms with E-state index in [0.717, 1.165) is 63.8 Å². The molecule has 2 aliphatic rings. The molecule has 2 saturated heterocycles. The van der Waals surface area contributed by atoms with Crippen molar-refractivity contribution in [1.82, 2.24) is 15.2 Å². The largest absolute Gasteiger partial charge is 0.490 e. The first-order chi connectivity index (χ1) is 13.3. The Bertz CT molecular complexity index is 556. The van der Waals surface area contributed by atoms with Crippen LogP contribution >= 0.6 is 0 Å². The Morgan fingerprint density at radius 2 is 2.26 bits per heavy atom. The number of ether oxygens (including phenoxy) is 3. The summed E-state index contributed by atoms with van der Waals surface area (Å²) in [6, 6.07) is 3.77. The van der Waals surface area contributed by atoms with Crippen molar-refractivity contribution in [2.75, 3.05) is 46.0 Å². The van der Waals surface area contributed by atoms with Crippen molar-refractivity contribution in [1.29, 1.82) is 0 Å². The molecule has 150 valence electrons. The monoisotopic (exact) mass is 376 g/mol. The van der Waals surface area contributed by atoms with E-state index in [1.54, 1.807) is 12.4 Å². The molecular formula is C20H32N4O3. The second kappa shape index (κ2) is 11.1. The SMILES string of the molecule is CCNC(=NCCOc1cccnc1)N1CCC(OCC2CCCO2)CC1. The summed E-state index contributed by atoms with van der Waals surface area (Å²) in [6.45, 7) is 7.67. The van der Waals surface area contributed by atoms with Gasteiger partial charge < -0.3 is 24.4 Å². The maximum atomic E-state index is 6.06. The van der Waals surface area contributed by atoms with Crippen LogP contribution in [0.3, 0.4) is 0 Å². The van der Waals surface area contributed by atoms with Crippen LogP contribution in [0.1, 0.15) is 32.6 Å². The van der Waals surface area contributed by atoms with Crippen molar-refractivity contribution in [3.63, 3.8) is 0 Å². The maximum absolute atomic E-state index is 6.06. The van der Waals surface area contributed by atoms with Crippen LogP contribution in [0, 0.1) is 0 Å². The average Bonchev–Trinajstić information content (AvgIpc) is 3.24. The van der Waals surface area contributed by atoms with Gasteiger partial charge in [0.05, 0.1) is 31.6 Å². The number of aromatic nitrogens is 1. The molecule has 1 aromatic heterocycles. The molecule has 0 spiro atoms. The Labute approximate surface area is 162 Å². The van der Waals surface area contributed by atoms with E-state index < -0.39 is 0 Å². The van der Waals surface area contributed by atoms with Gasteiger partial charge in [0.15, 0.2) is 5.96 Å². The van der Waals surface area contributed by atoms with Gasteiger partial charge in [0.25, 0.3) is 0 Å². The number of hydrogen-bond donors (Lipinski definition) is 1. The fourth-order valence-corrected chi connectivity index (χ4v) is 3.43. The summed E-state index contributed by atoms with van der Waals surface area (Å²) < 4.78 is 17.4. The predicted octanol–water partition coefficient (Wildman–Crippen LogP) is 2.09. The Balaban J connectivity index is 1.38. The highest BCUT2D eigenvalue weighted by Crippen LogP contribution is 2.17. The van der Waals surface area contributed by atoms with Gasteiger partial charge in [-0.05, 0) is 44.7 Å². The zero-order valence-electron chi connectivity index (χ0n) is 16.3. The molecule has 2 fully saturated rings. The van der Waals surface area contributed by atoms with E-state index in [1.807, 2.05) is 12.1 Å². The predicted molar refractivity (Wildman–Crippen MR) is 105 cm³/mol. The smallest absolute Gasteiger partial charge is 0.194 e. The van der Waals surface area contributed by atoms with E-state index in [1.165, 1.54) is 6.42 Å². The van der Waals surface area contributed by atoms with Crippen LogP contribution in [-0.2, 0) is 9.47 Å². The molecule has 2 aliphatic heterocycles. The fourth-order valence-electron chi connectivity index (χ4n) is 3.43. The topological polar surface area (TPSA) is 68.2 Å². The molecule has 3 rings (SSSR count). The highest BCUT2D eigenvalue weighted by Gasteiger charge is 2.24.